The number of hydrogen-bond donors (Lipinski definition) is 4. The zero-order valence-electron chi connectivity index (χ0n) is 22.6. The molecule has 16 heteroatoms. The number of aromatic nitrogens is 4. The maximum absolute atomic E-state index is 16.0. The average molecular weight is 582 g/mol. The second kappa shape index (κ2) is 11.3. The maximum atomic E-state index is 16.0. The van der Waals surface area contributed by atoms with E-state index >= 15 is 4.39 Å². The lowest BCUT2D eigenvalue weighted by Crippen LogP contribution is -2.44. The highest BCUT2D eigenvalue weighted by Gasteiger charge is 2.56. The number of ether oxygens (including phenoxy) is 1. The number of carboxylic acid groups (broad SMARTS) is 1. The fourth-order valence-electron chi connectivity index (χ4n) is 4.61. The van der Waals surface area contributed by atoms with Crippen LogP contribution in [-0.4, -0.2) is 84.0 Å². The number of carboxylic acids is 1. The Morgan fingerprint density at radius 2 is 2.00 bits per heavy atom. The molecule has 40 heavy (non-hydrogen) atoms. The number of rotatable bonds is 11. The number of hydrogen-bond acceptors (Lipinski definition) is 11. The number of aliphatic hydroxyl groups is 1. The molecule has 0 saturated carbocycles. The first-order valence-corrected chi connectivity index (χ1v) is 14.0. The van der Waals surface area contributed by atoms with Gasteiger partial charge in [0.25, 0.3) is 0 Å². The van der Waals surface area contributed by atoms with E-state index in [2.05, 4.69) is 20.3 Å². The molecule has 0 amide bonds. The summed E-state index contributed by atoms with van der Waals surface area (Å²) in [5, 5.41) is 23.5. The Bertz CT molecular complexity index is 1410. The van der Waals surface area contributed by atoms with Gasteiger partial charge in [-0.25, -0.2) is 13.9 Å². The molecule has 1 aliphatic heterocycles. The molecule has 2 aromatic heterocycles. The summed E-state index contributed by atoms with van der Waals surface area (Å²) in [5.74, 6) is -0.854. The lowest BCUT2D eigenvalue weighted by molar-refractivity contribution is -0.141. The molecule has 0 unspecified atom stereocenters. The predicted octanol–water partition coefficient (Wildman–Crippen LogP) is 2.82. The van der Waals surface area contributed by atoms with Gasteiger partial charge in [-0.05, 0) is 39.8 Å². The van der Waals surface area contributed by atoms with Crippen LogP contribution in [-0.2, 0) is 18.6 Å². The Labute approximate surface area is 229 Å². The third-order valence-electron chi connectivity index (χ3n) is 6.58. The van der Waals surface area contributed by atoms with Crippen LogP contribution in [0.4, 0.5) is 16.2 Å². The van der Waals surface area contributed by atoms with Gasteiger partial charge in [0, 0.05) is 13.1 Å². The van der Waals surface area contributed by atoms with E-state index < -0.39 is 56.5 Å². The van der Waals surface area contributed by atoms with E-state index in [1.165, 1.54) is 30.0 Å². The monoisotopic (exact) mass is 581 g/mol. The fraction of sp³-hybridized carbons (Fsp3) is 0.500. The summed E-state index contributed by atoms with van der Waals surface area (Å²) in [6.07, 6.45) is -3.21. The molecule has 0 aliphatic carbocycles. The zero-order chi connectivity index (χ0) is 29.4. The summed E-state index contributed by atoms with van der Waals surface area (Å²) < 4.78 is 50.0. The van der Waals surface area contributed by atoms with Crippen LogP contribution in [0.25, 0.3) is 11.2 Å². The van der Waals surface area contributed by atoms with Gasteiger partial charge in [-0.3, -0.25) is 13.9 Å². The van der Waals surface area contributed by atoms with E-state index in [0.717, 1.165) is 11.6 Å². The number of alkyl halides is 1. The van der Waals surface area contributed by atoms with Crippen molar-refractivity contribution in [1.29, 1.82) is 0 Å². The molecule has 1 aromatic carbocycles. The van der Waals surface area contributed by atoms with Crippen molar-refractivity contribution in [2.45, 2.75) is 63.9 Å². The number of nitrogens with two attached hydrogens (primary N) is 1. The molecular weight excluding hydrogens is 548 g/mol. The maximum Gasteiger partial charge on any atom is 0.462 e. The number of carbonyl (C=O) groups is 1. The number of imidazole rings is 1. The summed E-state index contributed by atoms with van der Waals surface area (Å²) in [5.41, 5.74) is 3.90. The second-order valence-corrected chi connectivity index (χ2v) is 11.6. The van der Waals surface area contributed by atoms with E-state index in [1.54, 1.807) is 39.1 Å². The Morgan fingerprint density at radius 3 is 2.60 bits per heavy atom. The van der Waals surface area contributed by atoms with Crippen molar-refractivity contribution in [2.24, 2.45) is 0 Å². The number of para-hydroxylation sites is 1. The van der Waals surface area contributed by atoms with E-state index in [-0.39, 0.29) is 17.3 Å². The van der Waals surface area contributed by atoms with Gasteiger partial charge in [0.05, 0.1) is 12.9 Å². The van der Waals surface area contributed by atoms with Crippen molar-refractivity contribution in [3.8, 4) is 5.75 Å². The van der Waals surface area contributed by atoms with E-state index in [1.807, 2.05) is 0 Å². The van der Waals surface area contributed by atoms with Gasteiger partial charge in [0.15, 0.2) is 28.9 Å². The first-order chi connectivity index (χ1) is 18.8. The van der Waals surface area contributed by atoms with Gasteiger partial charge in [0.2, 0.25) is 5.95 Å². The second-order valence-electron chi connectivity index (χ2n) is 9.78. The molecule has 3 aromatic rings. The van der Waals surface area contributed by atoms with Gasteiger partial charge in [-0.2, -0.15) is 14.6 Å². The largest absolute Gasteiger partial charge is 0.480 e. The van der Waals surface area contributed by atoms with Crippen molar-refractivity contribution in [3.05, 3.63) is 36.7 Å². The number of aliphatic carboxylic acids is 1. The number of aliphatic hydroxyl groups excluding tert-OH is 1. The van der Waals surface area contributed by atoms with Crippen LogP contribution in [0.3, 0.4) is 0 Å². The van der Waals surface area contributed by atoms with Crippen LogP contribution < -0.4 is 15.6 Å². The molecule has 6 atom stereocenters. The Hall–Kier alpha value is -3.36. The molecule has 218 valence electrons. The summed E-state index contributed by atoms with van der Waals surface area (Å²) in [6, 6.07) is 6.22. The molecule has 0 radical (unpaired) electrons. The summed E-state index contributed by atoms with van der Waals surface area (Å²) in [6.45, 7) is 5.17. The Kier molecular flexibility index (Phi) is 8.33. The molecule has 1 saturated heterocycles. The SMILES string of the molecule is CNc1nc(N)nc2c1ncn2[C@@H]1O[C@H](CO[P@](=O)(Oc2ccccc2)N(C(C)C)[C@@H](C)C(=O)O)[C@@H](O)[C@@]1(C)F. The third-order valence-corrected chi connectivity index (χ3v) is 8.87. The van der Waals surface area contributed by atoms with Crippen molar-refractivity contribution in [2.75, 3.05) is 24.7 Å². The van der Waals surface area contributed by atoms with E-state index in [0.29, 0.717) is 11.3 Å². The number of nitrogens with zero attached hydrogens (tertiary/aromatic N) is 5. The molecule has 1 aliphatic rings. The molecule has 0 spiro atoms. The number of anilines is 2. The minimum Gasteiger partial charge on any atom is -0.480 e. The molecule has 14 nitrogen and oxygen atoms in total. The molecule has 4 rings (SSSR count). The molecule has 0 bridgehead atoms. The number of nitrogen functional groups attached to an aromatic ring is 1. The quantitative estimate of drug-likeness (QED) is 0.242. The van der Waals surface area contributed by atoms with Gasteiger partial charge >= 0.3 is 13.7 Å². The van der Waals surface area contributed by atoms with Gasteiger partial charge in [-0.15, -0.1) is 0 Å². The van der Waals surface area contributed by atoms with Crippen molar-refractivity contribution in [1.82, 2.24) is 24.2 Å². The predicted molar refractivity (Wildman–Crippen MR) is 143 cm³/mol. The van der Waals surface area contributed by atoms with Crippen LogP contribution >= 0.6 is 7.75 Å². The zero-order valence-corrected chi connectivity index (χ0v) is 23.5. The highest BCUT2D eigenvalue weighted by Crippen LogP contribution is 2.55. The van der Waals surface area contributed by atoms with Crippen LogP contribution in [0.2, 0.25) is 0 Å². The van der Waals surface area contributed by atoms with Crippen LogP contribution in [0.5, 0.6) is 5.75 Å². The highest BCUT2D eigenvalue weighted by atomic mass is 31.2. The minimum atomic E-state index is -4.40. The third kappa shape index (κ3) is 5.47. The number of fused-ring (bicyclic) bond motifs is 1. The normalized spacial score (nSPS) is 25.3. The highest BCUT2D eigenvalue weighted by molar-refractivity contribution is 7.51. The topological polar surface area (TPSA) is 187 Å². The summed E-state index contributed by atoms with van der Waals surface area (Å²) >= 11 is 0. The van der Waals surface area contributed by atoms with Crippen molar-refractivity contribution in [3.63, 3.8) is 0 Å². The van der Waals surface area contributed by atoms with E-state index in [4.69, 9.17) is 19.5 Å². The average Bonchev–Trinajstić information content (AvgIpc) is 3.40. The number of nitrogens with one attached hydrogen (secondary N) is 1. The molecule has 5 N–H and O–H groups in total. The fourth-order valence-corrected chi connectivity index (χ4v) is 6.70. The minimum absolute atomic E-state index is 0.0853. The van der Waals surface area contributed by atoms with Crippen molar-refractivity contribution >= 4 is 36.6 Å². The van der Waals surface area contributed by atoms with Crippen LogP contribution in [0.15, 0.2) is 36.7 Å². The van der Waals surface area contributed by atoms with Gasteiger partial charge in [-0.1, -0.05) is 18.2 Å². The van der Waals surface area contributed by atoms with Gasteiger partial charge in [0.1, 0.15) is 24.0 Å². The number of benzene rings is 1. The lowest BCUT2D eigenvalue weighted by atomic mass is 9.98. The molecule has 1 fully saturated rings. The lowest BCUT2D eigenvalue weighted by Gasteiger charge is -2.35. The summed E-state index contributed by atoms with van der Waals surface area (Å²) in [7, 11) is -2.78. The standard InChI is InChI=1S/C24H33FN7O7P/c1-13(2)32(14(3)21(34)35)40(36,39-15-9-7-6-8-10-15)37-11-16-18(33)24(4,25)22(38-16)31-12-28-17-19(27-5)29-23(26)30-20(17)31/h6-10,12-14,16,18,22,33H,11H2,1-5H3,(H,34,35)(H3,26,27,29,30)/t14-,16+,18+,22+,24+,40-/m0/s1. The van der Waals surface area contributed by atoms with Crippen molar-refractivity contribution < 1.29 is 37.7 Å². The first kappa shape index (κ1) is 29.6. The van der Waals surface area contributed by atoms with E-state index in [9.17, 15) is 19.6 Å². The van der Waals surface area contributed by atoms with Crippen LogP contribution in [0, 0.1) is 0 Å². The van der Waals surface area contributed by atoms with Gasteiger partial charge < -0.3 is 30.5 Å². The number of halogens is 1. The molecule has 3 heterocycles. The first-order valence-electron chi connectivity index (χ1n) is 12.5. The van der Waals surface area contributed by atoms with Crippen LogP contribution in [0.1, 0.15) is 33.9 Å². The Balaban J connectivity index is 1.65. The Morgan fingerprint density at radius 1 is 1.32 bits per heavy atom. The molecular formula is C24H33FN7O7P. The summed E-state index contributed by atoms with van der Waals surface area (Å²) in [4.78, 5) is 24.3. The smallest absolute Gasteiger partial charge is 0.462 e.